The minimum Gasteiger partial charge on any atom is -0.455 e. The van der Waals surface area contributed by atoms with Gasteiger partial charge in [0.2, 0.25) is 0 Å². The molecule has 1 heterocycles. The first-order chi connectivity index (χ1) is 10.1. The number of pyridine rings is 1. The minimum atomic E-state index is -0.225. The molecule has 21 heavy (non-hydrogen) atoms. The van der Waals surface area contributed by atoms with Gasteiger partial charge in [-0.1, -0.05) is 13.0 Å². The van der Waals surface area contributed by atoms with Crippen LogP contribution in [0, 0.1) is 0 Å². The molecule has 0 radical (unpaired) electrons. The van der Waals surface area contributed by atoms with Gasteiger partial charge < -0.3 is 15.8 Å². The molecule has 1 aromatic carbocycles. The maximum Gasteiger partial charge on any atom is 0.270 e. The highest BCUT2D eigenvalue weighted by Gasteiger charge is 2.09. The van der Waals surface area contributed by atoms with Crippen LogP contribution in [0.2, 0.25) is 0 Å². The number of nitrogens with one attached hydrogen (secondary N) is 1. The van der Waals surface area contributed by atoms with Crippen molar-refractivity contribution in [2.45, 2.75) is 20.3 Å². The van der Waals surface area contributed by atoms with Crippen LogP contribution in [-0.2, 0) is 6.42 Å². The molecule has 0 aliphatic carbocycles. The lowest BCUT2D eigenvalue weighted by Crippen LogP contribution is -2.23. The highest BCUT2D eigenvalue weighted by Crippen LogP contribution is 2.28. The first-order valence-corrected chi connectivity index (χ1v) is 6.94. The van der Waals surface area contributed by atoms with Crippen LogP contribution < -0.4 is 15.8 Å². The smallest absolute Gasteiger partial charge is 0.270 e. The molecule has 2 aromatic rings. The fraction of sp³-hybridized carbons (Fsp3) is 0.250. The molecule has 0 unspecified atom stereocenters. The zero-order chi connectivity index (χ0) is 15.2. The normalized spacial score (nSPS) is 10.2. The fourth-order valence-corrected chi connectivity index (χ4v) is 1.89. The van der Waals surface area contributed by atoms with Gasteiger partial charge in [-0.05, 0) is 37.1 Å². The lowest BCUT2D eigenvalue weighted by atomic mass is 10.1. The van der Waals surface area contributed by atoms with E-state index in [-0.39, 0.29) is 5.91 Å². The molecule has 0 aliphatic rings. The maximum absolute atomic E-state index is 11.7. The third-order valence-electron chi connectivity index (χ3n) is 3.01. The molecule has 1 amide bonds. The van der Waals surface area contributed by atoms with Crippen LogP contribution in [0.25, 0.3) is 0 Å². The third-order valence-corrected chi connectivity index (χ3v) is 3.01. The van der Waals surface area contributed by atoms with E-state index in [1.165, 1.54) is 6.20 Å². The zero-order valence-corrected chi connectivity index (χ0v) is 12.2. The van der Waals surface area contributed by atoms with E-state index in [4.69, 9.17) is 10.5 Å². The van der Waals surface area contributed by atoms with Gasteiger partial charge in [0.25, 0.3) is 5.91 Å². The van der Waals surface area contributed by atoms with Crippen LogP contribution >= 0.6 is 0 Å². The number of amides is 1. The van der Waals surface area contributed by atoms with Crippen molar-refractivity contribution in [3.05, 3.63) is 47.8 Å². The van der Waals surface area contributed by atoms with Crippen LogP contribution in [-0.4, -0.2) is 17.4 Å². The van der Waals surface area contributed by atoms with E-state index in [1.54, 1.807) is 12.1 Å². The molecule has 5 nitrogen and oxygen atoms in total. The molecular weight excluding hydrogens is 266 g/mol. The Balaban J connectivity index is 2.20. The SMILES string of the molecule is CCNC(=O)c1cc(Oc2ccc(CC)cc2N)ccn1. The second-order valence-electron chi connectivity index (χ2n) is 4.56. The van der Waals surface area contributed by atoms with Crippen molar-refractivity contribution in [3.63, 3.8) is 0 Å². The molecule has 0 fully saturated rings. The Bertz CT molecular complexity index is 641. The van der Waals surface area contributed by atoms with Crippen LogP contribution in [0.4, 0.5) is 5.69 Å². The van der Waals surface area contributed by atoms with Crippen molar-refractivity contribution < 1.29 is 9.53 Å². The Morgan fingerprint density at radius 1 is 1.29 bits per heavy atom. The van der Waals surface area contributed by atoms with E-state index in [9.17, 15) is 4.79 Å². The third kappa shape index (κ3) is 3.72. The van der Waals surface area contributed by atoms with Gasteiger partial charge in [0.15, 0.2) is 0 Å². The molecule has 0 saturated carbocycles. The highest BCUT2D eigenvalue weighted by molar-refractivity contribution is 5.92. The number of nitrogens with two attached hydrogens (primary N) is 1. The number of benzene rings is 1. The zero-order valence-electron chi connectivity index (χ0n) is 12.2. The number of ether oxygens (including phenoxy) is 1. The average molecular weight is 285 g/mol. The van der Waals surface area contributed by atoms with E-state index < -0.39 is 0 Å². The highest BCUT2D eigenvalue weighted by atomic mass is 16.5. The molecule has 2 rings (SSSR count). The standard InChI is InChI=1S/C16H19N3O2/c1-3-11-5-6-15(13(17)9-11)21-12-7-8-19-14(10-12)16(20)18-4-2/h5-10H,3-4,17H2,1-2H3,(H,18,20). The number of aromatic nitrogens is 1. The lowest BCUT2D eigenvalue weighted by molar-refractivity contribution is 0.0950. The molecule has 110 valence electrons. The number of carbonyl (C=O) groups is 1. The van der Waals surface area contributed by atoms with Gasteiger partial charge in [-0.15, -0.1) is 0 Å². The summed E-state index contributed by atoms with van der Waals surface area (Å²) in [6.07, 6.45) is 2.46. The Morgan fingerprint density at radius 2 is 2.10 bits per heavy atom. The molecule has 0 bridgehead atoms. The van der Waals surface area contributed by atoms with Gasteiger partial charge in [-0.25, -0.2) is 0 Å². The summed E-state index contributed by atoms with van der Waals surface area (Å²) in [6.45, 7) is 4.47. The monoisotopic (exact) mass is 285 g/mol. The van der Waals surface area contributed by atoms with Gasteiger partial charge in [0.05, 0.1) is 5.69 Å². The van der Waals surface area contributed by atoms with E-state index in [0.29, 0.717) is 29.4 Å². The number of rotatable bonds is 5. The van der Waals surface area contributed by atoms with Crippen molar-refractivity contribution in [2.24, 2.45) is 0 Å². The van der Waals surface area contributed by atoms with Gasteiger partial charge in [0, 0.05) is 18.8 Å². The summed E-state index contributed by atoms with van der Waals surface area (Å²) in [5.74, 6) is 0.875. The Labute approximate surface area is 124 Å². The first kappa shape index (κ1) is 14.8. The van der Waals surface area contributed by atoms with Crippen molar-refractivity contribution >= 4 is 11.6 Å². The number of anilines is 1. The lowest BCUT2D eigenvalue weighted by Gasteiger charge is -2.10. The maximum atomic E-state index is 11.7. The van der Waals surface area contributed by atoms with Gasteiger partial charge in [-0.3, -0.25) is 9.78 Å². The van der Waals surface area contributed by atoms with Crippen molar-refractivity contribution in [1.82, 2.24) is 10.3 Å². The number of aryl methyl sites for hydroxylation is 1. The number of nitrogens with zero attached hydrogens (tertiary/aromatic N) is 1. The number of nitrogen functional groups attached to an aromatic ring is 1. The van der Waals surface area contributed by atoms with Crippen LogP contribution in [0.5, 0.6) is 11.5 Å². The number of hydrogen-bond donors (Lipinski definition) is 2. The number of hydrogen-bond acceptors (Lipinski definition) is 4. The second kappa shape index (κ2) is 6.74. The Morgan fingerprint density at radius 3 is 2.76 bits per heavy atom. The minimum absolute atomic E-state index is 0.225. The quantitative estimate of drug-likeness (QED) is 0.828. The summed E-state index contributed by atoms with van der Waals surface area (Å²) < 4.78 is 5.73. The molecule has 0 saturated heterocycles. The summed E-state index contributed by atoms with van der Waals surface area (Å²) in [4.78, 5) is 15.8. The molecular formula is C16H19N3O2. The number of carbonyl (C=O) groups excluding carboxylic acids is 1. The predicted molar refractivity (Wildman–Crippen MR) is 82.6 cm³/mol. The summed E-state index contributed by atoms with van der Waals surface area (Å²) in [7, 11) is 0. The molecule has 5 heteroatoms. The largest absolute Gasteiger partial charge is 0.455 e. The Kier molecular flexibility index (Phi) is 4.77. The summed E-state index contributed by atoms with van der Waals surface area (Å²) in [5.41, 5.74) is 8.01. The predicted octanol–water partition coefficient (Wildman–Crippen LogP) is 2.77. The van der Waals surface area contributed by atoms with Gasteiger partial charge in [-0.2, -0.15) is 0 Å². The summed E-state index contributed by atoms with van der Waals surface area (Å²) in [6, 6.07) is 8.98. The summed E-state index contributed by atoms with van der Waals surface area (Å²) >= 11 is 0. The molecule has 0 aliphatic heterocycles. The first-order valence-electron chi connectivity index (χ1n) is 6.94. The Hall–Kier alpha value is -2.56. The topological polar surface area (TPSA) is 77.2 Å². The fourth-order valence-electron chi connectivity index (χ4n) is 1.89. The molecule has 0 spiro atoms. The van der Waals surface area contributed by atoms with Gasteiger partial charge in [0.1, 0.15) is 17.2 Å². The van der Waals surface area contributed by atoms with E-state index >= 15 is 0 Å². The van der Waals surface area contributed by atoms with E-state index in [2.05, 4.69) is 17.2 Å². The molecule has 0 atom stereocenters. The van der Waals surface area contributed by atoms with Crippen LogP contribution in [0.1, 0.15) is 29.9 Å². The van der Waals surface area contributed by atoms with Crippen LogP contribution in [0.15, 0.2) is 36.5 Å². The average Bonchev–Trinajstić information content (AvgIpc) is 2.50. The summed E-state index contributed by atoms with van der Waals surface area (Å²) in [5, 5.41) is 2.70. The van der Waals surface area contributed by atoms with Crippen molar-refractivity contribution in [1.29, 1.82) is 0 Å². The molecule has 1 aromatic heterocycles. The van der Waals surface area contributed by atoms with Crippen LogP contribution in [0.3, 0.4) is 0 Å². The van der Waals surface area contributed by atoms with Crippen molar-refractivity contribution in [2.75, 3.05) is 12.3 Å². The van der Waals surface area contributed by atoms with E-state index in [1.807, 2.05) is 25.1 Å². The van der Waals surface area contributed by atoms with Crippen molar-refractivity contribution in [3.8, 4) is 11.5 Å². The molecule has 3 N–H and O–H groups in total. The van der Waals surface area contributed by atoms with E-state index in [0.717, 1.165) is 12.0 Å². The van der Waals surface area contributed by atoms with Gasteiger partial charge >= 0.3 is 0 Å². The second-order valence-corrected chi connectivity index (χ2v) is 4.56.